The summed E-state index contributed by atoms with van der Waals surface area (Å²) >= 11 is 0. The van der Waals surface area contributed by atoms with E-state index in [1.54, 1.807) is 43.6 Å². The van der Waals surface area contributed by atoms with E-state index in [9.17, 15) is 8.42 Å². The standard InChI is InChI=1S/C13H15N3O2S/c1-10(11-6-8-15-9-7-11)16-19(17,18)13-4-2-12(14)3-5-13/h2-10,16H,14H2,1H3/t10-/m0/s1. The van der Waals surface area contributed by atoms with Crippen LogP contribution >= 0.6 is 0 Å². The number of benzene rings is 1. The van der Waals surface area contributed by atoms with Gasteiger partial charge in [-0.05, 0) is 48.9 Å². The Kier molecular flexibility index (Phi) is 3.82. The van der Waals surface area contributed by atoms with Crippen molar-refractivity contribution in [2.24, 2.45) is 0 Å². The molecule has 0 spiro atoms. The molecule has 1 heterocycles. The van der Waals surface area contributed by atoms with E-state index in [0.717, 1.165) is 5.56 Å². The van der Waals surface area contributed by atoms with Crippen LogP contribution in [-0.4, -0.2) is 13.4 Å². The summed E-state index contributed by atoms with van der Waals surface area (Å²) in [4.78, 5) is 4.10. The fraction of sp³-hybridized carbons (Fsp3) is 0.154. The zero-order valence-corrected chi connectivity index (χ0v) is 11.3. The minimum atomic E-state index is -3.55. The van der Waals surface area contributed by atoms with Crippen LogP contribution in [0.15, 0.2) is 53.7 Å². The van der Waals surface area contributed by atoms with Gasteiger partial charge in [0.15, 0.2) is 0 Å². The number of hydrogen-bond acceptors (Lipinski definition) is 4. The highest BCUT2D eigenvalue weighted by molar-refractivity contribution is 7.89. The second-order valence-electron chi connectivity index (χ2n) is 4.19. The van der Waals surface area contributed by atoms with Gasteiger partial charge in [0, 0.05) is 24.1 Å². The first-order valence-corrected chi connectivity index (χ1v) is 7.25. The molecular formula is C13H15N3O2S. The van der Waals surface area contributed by atoms with E-state index >= 15 is 0 Å². The van der Waals surface area contributed by atoms with Crippen LogP contribution in [-0.2, 0) is 10.0 Å². The van der Waals surface area contributed by atoms with E-state index in [-0.39, 0.29) is 10.9 Å². The van der Waals surface area contributed by atoms with Gasteiger partial charge in [-0.3, -0.25) is 4.98 Å². The molecule has 1 aromatic carbocycles. The number of nitrogens with two attached hydrogens (primary N) is 1. The molecule has 0 saturated carbocycles. The van der Waals surface area contributed by atoms with E-state index in [1.807, 2.05) is 0 Å². The van der Waals surface area contributed by atoms with Gasteiger partial charge in [0.1, 0.15) is 0 Å². The molecule has 0 amide bonds. The van der Waals surface area contributed by atoms with Crippen molar-refractivity contribution < 1.29 is 8.42 Å². The zero-order valence-electron chi connectivity index (χ0n) is 10.4. The average molecular weight is 277 g/mol. The lowest BCUT2D eigenvalue weighted by Gasteiger charge is -2.14. The minimum Gasteiger partial charge on any atom is -0.399 e. The van der Waals surface area contributed by atoms with Crippen molar-refractivity contribution >= 4 is 15.7 Å². The number of hydrogen-bond donors (Lipinski definition) is 2. The summed E-state index contributed by atoms with van der Waals surface area (Å²) in [6, 6.07) is 9.31. The summed E-state index contributed by atoms with van der Waals surface area (Å²) in [6.45, 7) is 1.78. The zero-order chi connectivity index (χ0) is 13.9. The summed E-state index contributed by atoms with van der Waals surface area (Å²) in [5.41, 5.74) is 6.92. The summed E-state index contributed by atoms with van der Waals surface area (Å²) in [5.74, 6) is 0. The van der Waals surface area contributed by atoms with Gasteiger partial charge in [0.2, 0.25) is 10.0 Å². The molecule has 0 aliphatic rings. The highest BCUT2D eigenvalue weighted by atomic mass is 32.2. The normalized spacial score (nSPS) is 13.1. The fourth-order valence-corrected chi connectivity index (χ4v) is 2.90. The van der Waals surface area contributed by atoms with Crippen LogP contribution in [0, 0.1) is 0 Å². The third-order valence-electron chi connectivity index (χ3n) is 2.73. The molecule has 6 heteroatoms. The van der Waals surface area contributed by atoms with Crippen molar-refractivity contribution in [2.75, 3.05) is 5.73 Å². The van der Waals surface area contributed by atoms with Gasteiger partial charge in [0.25, 0.3) is 0 Å². The molecule has 2 aromatic rings. The first-order valence-electron chi connectivity index (χ1n) is 5.77. The first kappa shape index (κ1) is 13.5. The van der Waals surface area contributed by atoms with Crippen molar-refractivity contribution in [1.82, 2.24) is 9.71 Å². The quantitative estimate of drug-likeness (QED) is 0.833. The Bertz CT molecular complexity index is 639. The highest BCUT2D eigenvalue weighted by Crippen LogP contribution is 2.17. The molecule has 0 bridgehead atoms. The number of pyridine rings is 1. The van der Waals surface area contributed by atoms with Crippen molar-refractivity contribution in [3.8, 4) is 0 Å². The molecule has 100 valence electrons. The number of nitrogens with one attached hydrogen (secondary N) is 1. The molecule has 1 atom stereocenters. The van der Waals surface area contributed by atoms with Gasteiger partial charge in [-0.15, -0.1) is 0 Å². The Balaban J connectivity index is 2.20. The largest absolute Gasteiger partial charge is 0.399 e. The van der Waals surface area contributed by atoms with Gasteiger partial charge in [-0.2, -0.15) is 0 Å². The number of rotatable bonds is 4. The molecule has 0 aliphatic heterocycles. The number of nitrogens with zero attached hydrogens (tertiary/aromatic N) is 1. The SMILES string of the molecule is C[C@H](NS(=O)(=O)c1ccc(N)cc1)c1ccncc1. The van der Waals surface area contributed by atoms with Gasteiger partial charge in [0.05, 0.1) is 4.90 Å². The van der Waals surface area contributed by atoms with E-state index < -0.39 is 10.0 Å². The van der Waals surface area contributed by atoms with Gasteiger partial charge < -0.3 is 5.73 Å². The lowest BCUT2D eigenvalue weighted by Crippen LogP contribution is -2.26. The van der Waals surface area contributed by atoms with E-state index in [0.29, 0.717) is 5.69 Å². The van der Waals surface area contributed by atoms with Crippen molar-refractivity contribution in [3.05, 3.63) is 54.4 Å². The molecule has 2 rings (SSSR count). The van der Waals surface area contributed by atoms with Gasteiger partial charge in [-0.25, -0.2) is 13.1 Å². The first-order chi connectivity index (χ1) is 8.99. The molecule has 19 heavy (non-hydrogen) atoms. The Morgan fingerprint density at radius 1 is 1.11 bits per heavy atom. The van der Waals surface area contributed by atoms with Crippen LogP contribution in [0.3, 0.4) is 0 Å². The Hall–Kier alpha value is -1.92. The Labute approximate surface area is 112 Å². The average Bonchev–Trinajstić information content (AvgIpc) is 2.40. The summed E-state index contributed by atoms with van der Waals surface area (Å²) in [7, 11) is -3.55. The summed E-state index contributed by atoms with van der Waals surface area (Å²) in [6.07, 6.45) is 3.26. The topological polar surface area (TPSA) is 85.1 Å². The molecule has 3 N–H and O–H groups in total. The third-order valence-corrected chi connectivity index (χ3v) is 4.29. The summed E-state index contributed by atoms with van der Waals surface area (Å²) < 4.78 is 26.9. The van der Waals surface area contributed by atoms with Crippen LogP contribution in [0.1, 0.15) is 18.5 Å². The molecule has 0 saturated heterocycles. The molecule has 0 aliphatic carbocycles. The maximum absolute atomic E-state index is 12.2. The van der Waals surface area contributed by atoms with Crippen molar-refractivity contribution in [3.63, 3.8) is 0 Å². The second kappa shape index (κ2) is 5.38. The Morgan fingerprint density at radius 2 is 1.68 bits per heavy atom. The summed E-state index contributed by atoms with van der Waals surface area (Å²) in [5, 5.41) is 0. The van der Waals surface area contributed by atoms with Gasteiger partial charge >= 0.3 is 0 Å². The number of aromatic nitrogens is 1. The molecule has 0 radical (unpaired) electrons. The third kappa shape index (κ3) is 3.30. The monoisotopic (exact) mass is 277 g/mol. The van der Waals surface area contributed by atoms with E-state index in [1.165, 1.54) is 12.1 Å². The molecule has 0 fully saturated rings. The Morgan fingerprint density at radius 3 is 2.26 bits per heavy atom. The lowest BCUT2D eigenvalue weighted by molar-refractivity contribution is 0.567. The number of nitrogen functional groups attached to an aromatic ring is 1. The van der Waals surface area contributed by atoms with Crippen LogP contribution in [0.4, 0.5) is 5.69 Å². The predicted molar refractivity (Wildman–Crippen MR) is 73.8 cm³/mol. The van der Waals surface area contributed by atoms with Gasteiger partial charge in [-0.1, -0.05) is 0 Å². The second-order valence-corrected chi connectivity index (χ2v) is 5.91. The molecule has 0 unspecified atom stereocenters. The van der Waals surface area contributed by atoms with Crippen LogP contribution in [0.5, 0.6) is 0 Å². The lowest BCUT2D eigenvalue weighted by atomic mass is 10.1. The maximum Gasteiger partial charge on any atom is 0.241 e. The fourth-order valence-electron chi connectivity index (χ4n) is 1.67. The highest BCUT2D eigenvalue weighted by Gasteiger charge is 2.17. The van der Waals surface area contributed by atoms with Crippen LogP contribution in [0.2, 0.25) is 0 Å². The minimum absolute atomic E-state index is 0.197. The smallest absolute Gasteiger partial charge is 0.241 e. The molecule has 5 nitrogen and oxygen atoms in total. The molecular weight excluding hydrogens is 262 g/mol. The number of sulfonamides is 1. The van der Waals surface area contributed by atoms with Crippen LogP contribution < -0.4 is 10.5 Å². The van der Waals surface area contributed by atoms with Crippen molar-refractivity contribution in [1.29, 1.82) is 0 Å². The van der Waals surface area contributed by atoms with Crippen molar-refractivity contribution in [2.45, 2.75) is 17.9 Å². The van der Waals surface area contributed by atoms with Crippen LogP contribution in [0.25, 0.3) is 0 Å². The predicted octanol–water partition coefficient (Wildman–Crippen LogP) is 1.70. The van der Waals surface area contributed by atoms with E-state index in [4.69, 9.17) is 5.73 Å². The number of anilines is 1. The maximum atomic E-state index is 12.2. The molecule has 1 aromatic heterocycles. The van der Waals surface area contributed by atoms with E-state index in [2.05, 4.69) is 9.71 Å².